The van der Waals surface area contributed by atoms with Gasteiger partial charge in [0.2, 0.25) is 0 Å². The molecule has 2 rings (SSSR count). The van der Waals surface area contributed by atoms with Gasteiger partial charge in [-0.2, -0.15) is 0 Å². The number of rotatable bonds is 10. The summed E-state index contributed by atoms with van der Waals surface area (Å²) in [5, 5.41) is 2.73. The number of ether oxygens (including phenoxy) is 3. The van der Waals surface area contributed by atoms with E-state index in [9.17, 15) is 4.79 Å². The van der Waals surface area contributed by atoms with Crippen LogP contribution in [0.5, 0.6) is 11.5 Å². The fraction of sp³-hybridized carbons (Fsp3) is 0.667. The third-order valence-electron chi connectivity index (χ3n) is 4.62. The summed E-state index contributed by atoms with van der Waals surface area (Å²) in [4.78, 5) is 11.6. The molecule has 0 saturated heterocycles. The van der Waals surface area contributed by atoms with Gasteiger partial charge in [-0.3, -0.25) is 0 Å². The molecule has 26 heavy (non-hydrogen) atoms. The van der Waals surface area contributed by atoms with Gasteiger partial charge in [-0.1, -0.05) is 38.7 Å². The molecule has 1 saturated carbocycles. The number of alkyl carbamates (subject to hydrolysis) is 1. The molecule has 0 aromatic heterocycles. The van der Waals surface area contributed by atoms with E-state index in [1.54, 1.807) is 0 Å². The Kier molecular flexibility index (Phi) is 9.15. The number of benzene rings is 1. The molecule has 1 aliphatic rings. The molecule has 0 spiro atoms. The SMILES string of the molecule is CCCCOC(=O)NCC(C)Oc1cccc(OCC2CCCCC2)c1. The third-order valence-corrected chi connectivity index (χ3v) is 4.62. The summed E-state index contributed by atoms with van der Waals surface area (Å²) in [6.07, 6.45) is 7.89. The lowest BCUT2D eigenvalue weighted by Gasteiger charge is -2.22. The molecule has 5 nitrogen and oxygen atoms in total. The van der Waals surface area contributed by atoms with E-state index in [2.05, 4.69) is 12.2 Å². The van der Waals surface area contributed by atoms with Crippen LogP contribution >= 0.6 is 0 Å². The van der Waals surface area contributed by atoms with E-state index in [0.29, 0.717) is 19.1 Å². The van der Waals surface area contributed by atoms with Crippen molar-refractivity contribution in [3.63, 3.8) is 0 Å². The molecular formula is C21H33NO4. The predicted molar refractivity (Wildman–Crippen MR) is 103 cm³/mol. The van der Waals surface area contributed by atoms with Gasteiger partial charge in [0.25, 0.3) is 0 Å². The first kappa shape index (κ1) is 20.4. The van der Waals surface area contributed by atoms with Crippen LogP contribution in [0.15, 0.2) is 24.3 Å². The molecule has 0 aliphatic heterocycles. The van der Waals surface area contributed by atoms with Gasteiger partial charge in [-0.05, 0) is 44.2 Å². The van der Waals surface area contributed by atoms with Crippen LogP contribution in [0.25, 0.3) is 0 Å². The highest BCUT2D eigenvalue weighted by Gasteiger charge is 2.14. The highest BCUT2D eigenvalue weighted by atomic mass is 16.5. The lowest BCUT2D eigenvalue weighted by molar-refractivity contribution is 0.137. The van der Waals surface area contributed by atoms with E-state index in [-0.39, 0.29) is 6.10 Å². The van der Waals surface area contributed by atoms with E-state index < -0.39 is 6.09 Å². The van der Waals surface area contributed by atoms with Crippen molar-refractivity contribution in [2.75, 3.05) is 19.8 Å². The van der Waals surface area contributed by atoms with Crippen LogP contribution in [0.3, 0.4) is 0 Å². The second-order valence-electron chi connectivity index (χ2n) is 7.09. The van der Waals surface area contributed by atoms with Crippen LogP contribution in [-0.4, -0.2) is 32.0 Å². The second kappa shape index (κ2) is 11.7. The van der Waals surface area contributed by atoms with Crippen molar-refractivity contribution in [1.82, 2.24) is 5.32 Å². The molecule has 1 amide bonds. The smallest absolute Gasteiger partial charge is 0.407 e. The van der Waals surface area contributed by atoms with Gasteiger partial charge in [-0.15, -0.1) is 0 Å². The van der Waals surface area contributed by atoms with Crippen molar-refractivity contribution < 1.29 is 19.0 Å². The van der Waals surface area contributed by atoms with Crippen LogP contribution in [0.1, 0.15) is 58.8 Å². The molecule has 1 N–H and O–H groups in total. The molecule has 5 heteroatoms. The zero-order chi connectivity index (χ0) is 18.6. The van der Waals surface area contributed by atoms with Crippen molar-refractivity contribution in [2.45, 2.75) is 64.9 Å². The Morgan fingerprint density at radius 1 is 1.23 bits per heavy atom. The van der Waals surface area contributed by atoms with Crippen molar-refractivity contribution >= 4 is 6.09 Å². The van der Waals surface area contributed by atoms with E-state index >= 15 is 0 Å². The summed E-state index contributed by atoms with van der Waals surface area (Å²) in [6, 6.07) is 7.72. The Morgan fingerprint density at radius 3 is 2.77 bits per heavy atom. The average molecular weight is 363 g/mol. The summed E-state index contributed by atoms with van der Waals surface area (Å²) in [5.74, 6) is 2.27. The molecule has 0 radical (unpaired) electrons. The molecule has 1 atom stereocenters. The average Bonchev–Trinajstić information content (AvgIpc) is 2.66. The number of carbonyl (C=O) groups is 1. The summed E-state index contributed by atoms with van der Waals surface area (Å²) in [7, 11) is 0. The standard InChI is InChI=1S/C21H33NO4/c1-3-4-13-24-21(23)22-15-17(2)26-20-12-8-11-19(14-20)25-16-18-9-6-5-7-10-18/h8,11-12,14,17-18H,3-7,9-10,13,15-16H2,1-2H3,(H,22,23). The van der Waals surface area contributed by atoms with E-state index in [0.717, 1.165) is 30.9 Å². The first-order valence-electron chi connectivity index (χ1n) is 9.97. The Bertz CT molecular complexity index is 528. The number of amides is 1. The van der Waals surface area contributed by atoms with Gasteiger partial charge >= 0.3 is 6.09 Å². The van der Waals surface area contributed by atoms with E-state index in [1.807, 2.05) is 31.2 Å². The first-order valence-corrected chi connectivity index (χ1v) is 9.97. The van der Waals surface area contributed by atoms with Gasteiger partial charge in [-0.25, -0.2) is 4.79 Å². The monoisotopic (exact) mass is 363 g/mol. The molecule has 146 valence electrons. The maximum atomic E-state index is 11.6. The maximum absolute atomic E-state index is 11.6. The van der Waals surface area contributed by atoms with Crippen molar-refractivity contribution in [3.8, 4) is 11.5 Å². The first-order chi connectivity index (χ1) is 12.7. The highest BCUT2D eigenvalue weighted by Crippen LogP contribution is 2.26. The lowest BCUT2D eigenvalue weighted by atomic mass is 9.90. The normalized spacial score (nSPS) is 15.9. The van der Waals surface area contributed by atoms with Crippen LogP contribution in [0.4, 0.5) is 4.79 Å². The topological polar surface area (TPSA) is 56.8 Å². The zero-order valence-electron chi connectivity index (χ0n) is 16.2. The molecule has 0 heterocycles. The molecule has 1 aliphatic carbocycles. The largest absolute Gasteiger partial charge is 0.493 e. The second-order valence-corrected chi connectivity index (χ2v) is 7.09. The molecule has 1 aromatic rings. The predicted octanol–water partition coefficient (Wildman–Crippen LogP) is 4.94. The zero-order valence-corrected chi connectivity index (χ0v) is 16.2. The van der Waals surface area contributed by atoms with Gasteiger partial charge in [0, 0.05) is 6.07 Å². The summed E-state index contributed by atoms with van der Waals surface area (Å²) >= 11 is 0. The molecule has 1 unspecified atom stereocenters. The van der Waals surface area contributed by atoms with Crippen LogP contribution in [-0.2, 0) is 4.74 Å². The van der Waals surface area contributed by atoms with Crippen molar-refractivity contribution in [1.29, 1.82) is 0 Å². The van der Waals surface area contributed by atoms with Crippen molar-refractivity contribution in [3.05, 3.63) is 24.3 Å². The Labute approximate surface area is 157 Å². The summed E-state index contributed by atoms with van der Waals surface area (Å²) in [5.41, 5.74) is 0. The summed E-state index contributed by atoms with van der Waals surface area (Å²) in [6.45, 7) is 5.62. The minimum absolute atomic E-state index is 0.151. The minimum atomic E-state index is -0.390. The maximum Gasteiger partial charge on any atom is 0.407 e. The highest BCUT2D eigenvalue weighted by molar-refractivity contribution is 5.67. The number of carbonyl (C=O) groups excluding carboxylic acids is 1. The Balaban J connectivity index is 1.70. The van der Waals surface area contributed by atoms with Gasteiger partial charge in [0.05, 0.1) is 19.8 Å². The third kappa shape index (κ3) is 7.98. The van der Waals surface area contributed by atoms with Crippen molar-refractivity contribution in [2.24, 2.45) is 5.92 Å². The molecular weight excluding hydrogens is 330 g/mol. The molecule has 1 fully saturated rings. The van der Waals surface area contributed by atoms with Gasteiger partial charge < -0.3 is 19.5 Å². The van der Waals surface area contributed by atoms with Crippen LogP contribution in [0, 0.1) is 5.92 Å². The Morgan fingerprint density at radius 2 is 2.00 bits per heavy atom. The van der Waals surface area contributed by atoms with Crippen LogP contribution in [0.2, 0.25) is 0 Å². The molecule has 0 bridgehead atoms. The number of hydrogen-bond acceptors (Lipinski definition) is 4. The lowest BCUT2D eigenvalue weighted by Crippen LogP contribution is -2.34. The Hall–Kier alpha value is -1.91. The summed E-state index contributed by atoms with van der Waals surface area (Å²) < 4.78 is 16.9. The van der Waals surface area contributed by atoms with E-state index in [1.165, 1.54) is 32.1 Å². The fourth-order valence-corrected chi connectivity index (χ4v) is 3.07. The number of nitrogens with one attached hydrogen (secondary N) is 1. The number of unbranched alkanes of at least 4 members (excludes halogenated alkanes) is 1. The van der Waals surface area contributed by atoms with E-state index in [4.69, 9.17) is 14.2 Å². The minimum Gasteiger partial charge on any atom is -0.493 e. The number of hydrogen-bond donors (Lipinski definition) is 1. The van der Waals surface area contributed by atoms with Gasteiger partial charge in [0.15, 0.2) is 0 Å². The van der Waals surface area contributed by atoms with Gasteiger partial charge in [0.1, 0.15) is 17.6 Å². The quantitative estimate of drug-likeness (QED) is 0.598. The van der Waals surface area contributed by atoms with Crippen LogP contribution < -0.4 is 14.8 Å². The molecule has 1 aromatic carbocycles. The fourth-order valence-electron chi connectivity index (χ4n) is 3.07.